The van der Waals surface area contributed by atoms with Crippen LogP contribution in [0.4, 0.5) is 5.82 Å². The second-order valence-electron chi connectivity index (χ2n) is 8.18. The fourth-order valence-corrected chi connectivity index (χ4v) is 4.39. The first-order valence-corrected chi connectivity index (χ1v) is 10.5. The highest BCUT2D eigenvalue weighted by molar-refractivity contribution is 6.20. The van der Waals surface area contributed by atoms with Crippen molar-refractivity contribution in [3.8, 4) is 5.69 Å². The third-order valence-electron chi connectivity index (χ3n) is 6.01. The third kappa shape index (κ3) is 3.50. The minimum absolute atomic E-state index is 0.302. The van der Waals surface area contributed by atoms with Gasteiger partial charge in [0.2, 0.25) is 5.90 Å². The van der Waals surface area contributed by atoms with Crippen LogP contribution in [0.25, 0.3) is 11.3 Å². The van der Waals surface area contributed by atoms with Gasteiger partial charge in [0.05, 0.1) is 29.7 Å². The predicted octanol–water partition coefficient (Wildman–Crippen LogP) is 2.14. The van der Waals surface area contributed by atoms with Crippen LogP contribution in [0.15, 0.2) is 35.6 Å². The van der Waals surface area contributed by atoms with Gasteiger partial charge in [0.1, 0.15) is 18.1 Å². The summed E-state index contributed by atoms with van der Waals surface area (Å²) in [6, 6.07) is 4.14. The fourth-order valence-electron chi connectivity index (χ4n) is 4.39. The van der Waals surface area contributed by atoms with Gasteiger partial charge in [-0.15, -0.1) is 0 Å². The van der Waals surface area contributed by atoms with Crippen LogP contribution in [0.3, 0.4) is 0 Å². The van der Waals surface area contributed by atoms with Crippen LogP contribution in [0, 0.1) is 0 Å². The van der Waals surface area contributed by atoms with Crippen molar-refractivity contribution >= 4 is 17.3 Å². The monoisotopic (exact) mass is 408 g/mol. The maximum atomic E-state index is 6.20. The van der Waals surface area contributed by atoms with E-state index in [9.17, 15) is 0 Å². The van der Waals surface area contributed by atoms with Gasteiger partial charge in [0, 0.05) is 45.0 Å². The standard InChI is InChI=1S/C22H28N6O2/c1-4-19-21-15(14-29-22(19)23-2)10-28(25-21)16-5-6-20(24-9-16)27-8-7-17(13-27)30-18-11-26(3)12-18/h4-6,9-10,17-18H,7-8,11-14H2,1-3H3/b19-4-,23-22?. The Morgan fingerprint density at radius 2 is 2.10 bits per heavy atom. The van der Waals surface area contributed by atoms with Gasteiger partial charge in [-0.2, -0.15) is 5.10 Å². The molecule has 0 aromatic carbocycles. The molecule has 8 nitrogen and oxygen atoms in total. The van der Waals surface area contributed by atoms with Crippen LogP contribution < -0.4 is 4.90 Å². The van der Waals surface area contributed by atoms with Crippen molar-refractivity contribution in [3.63, 3.8) is 0 Å². The molecule has 0 radical (unpaired) electrons. The lowest BCUT2D eigenvalue weighted by molar-refractivity contribution is -0.0760. The lowest BCUT2D eigenvalue weighted by Crippen LogP contribution is -2.51. The van der Waals surface area contributed by atoms with Gasteiger partial charge in [-0.1, -0.05) is 6.08 Å². The molecule has 2 fully saturated rings. The largest absolute Gasteiger partial charge is 0.472 e. The second-order valence-corrected chi connectivity index (χ2v) is 8.18. The highest BCUT2D eigenvalue weighted by atomic mass is 16.5. The minimum atomic E-state index is 0.302. The molecular weight excluding hydrogens is 380 g/mol. The summed E-state index contributed by atoms with van der Waals surface area (Å²) in [4.78, 5) is 13.5. The second kappa shape index (κ2) is 7.85. The Morgan fingerprint density at radius 1 is 1.23 bits per heavy atom. The first-order valence-electron chi connectivity index (χ1n) is 10.5. The van der Waals surface area contributed by atoms with Gasteiger partial charge < -0.3 is 19.3 Å². The Labute approximate surface area is 176 Å². The maximum Gasteiger partial charge on any atom is 0.218 e. The summed E-state index contributed by atoms with van der Waals surface area (Å²) in [6.07, 6.45) is 7.64. The van der Waals surface area contributed by atoms with Crippen LogP contribution in [0.5, 0.6) is 0 Å². The van der Waals surface area contributed by atoms with E-state index in [0.717, 1.165) is 60.9 Å². The number of likely N-dealkylation sites (N-methyl/N-ethyl adjacent to an activating group) is 1. The van der Waals surface area contributed by atoms with E-state index in [-0.39, 0.29) is 0 Å². The molecule has 0 spiro atoms. The summed E-state index contributed by atoms with van der Waals surface area (Å²) in [5.41, 5.74) is 3.85. The van der Waals surface area contributed by atoms with Crippen molar-refractivity contribution in [3.05, 3.63) is 41.9 Å². The summed E-state index contributed by atoms with van der Waals surface area (Å²) in [6.45, 7) is 6.44. The van der Waals surface area contributed by atoms with E-state index in [1.165, 1.54) is 0 Å². The van der Waals surface area contributed by atoms with Crippen LogP contribution in [0.1, 0.15) is 24.6 Å². The minimum Gasteiger partial charge on any atom is -0.472 e. The summed E-state index contributed by atoms with van der Waals surface area (Å²) >= 11 is 0. The summed E-state index contributed by atoms with van der Waals surface area (Å²) < 4.78 is 13.8. The Balaban J connectivity index is 1.28. The molecule has 2 aromatic rings. The Bertz CT molecular complexity index is 974. The average Bonchev–Trinajstić information content (AvgIpc) is 3.39. The first kappa shape index (κ1) is 19.3. The highest BCUT2D eigenvalue weighted by Crippen LogP contribution is 2.28. The molecule has 0 saturated carbocycles. The summed E-state index contributed by atoms with van der Waals surface area (Å²) in [7, 11) is 3.87. The van der Waals surface area contributed by atoms with Gasteiger partial charge in [-0.3, -0.25) is 4.99 Å². The molecule has 0 bridgehead atoms. The van der Waals surface area contributed by atoms with Crippen molar-refractivity contribution in [1.82, 2.24) is 19.7 Å². The maximum absolute atomic E-state index is 6.20. The average molecular weight is 409 g/mol. The van der Waals surface area contributed by atoms with E-state index in [4.69, 9.17) is 19.6 Å². The summed E-state index contributed by atoms with van der Waals surface area (Å²) in [5, 5.41) is 4.78. The normalized spacial score (nSPS) is 24.9. The number of hydrogen-bond donors (Lipinski definition) is 0. The summed E-state index contributed by atoms with van der Waals surface area (Å²) in [5.74, 6) is 1.63. The van der Waals surface area contributed by atoms with Gasteiger partial charge in [0.25, 0.3) is 0 Å². The number of hydrogen-bond acceptors (Lipinski definition) is 7. The number of fused-ring (bicyclic) bond motifs is 1. The topological polar surface area (TPSA) is 68.0 Å². The molecule has 5 rings (SSSR count). The Hall–Kier alpha value is -2.71. The molecule has 158 valence electrons. The molecule has 0 N–H and O–H groups in total. The number of pyridine rings is 1. The zero-order chi connectivity index (χ0) is 20.7. The van der Waals surface area contributed by atoms with Crippen molar-refractivity contribution in [2.75, 3.05) is 45.2 Å². The molecular formula is C22H28N6O2. The van der Waals surface area contributed by atoms with Crippen molar-refractivity contribution < 1.29 is 9.47 Å². The van der Waals surface area contributed by atoms with Gasteiger partial charge >= 0.3 is 0 Å². The zero-order valence-electron chi connectivity index (χ0n) is 17.8. The predicted molar refractivity (Wildman–Crippen MR) is 116 cm³/mol. The third-order valence-corrected chi connectivity index (χ3v) is 6.01. The van der Waals surface area contributed by atoms with Crippen molar-refractivity contribution in [2.24, 2.45) is 4.99 Å². The number of rotatable bonds is 4. The number of ether oxygens (including phenoxy) is 2. The van der Waals surface area contributed by atoms with Crippen LogP contribution >= 0.6 is 0 Å². The van der Waals surface area contributed by atoms with Crippen LogP contribution in [-0.4, -0.2) is 78.0 Å². The van der Waals surface area contributed by atoms with Gasteiger partial charge in [-0.05, 0) is 32.5 Å². The molecule has 2 aromatic heterocycles. The molecule has 5 heterocycles. The number of allylic oxidation sites excluding steroid dienone is 1. The quantitative estimate of drug-likeness (QED) is 0.772. The number of likely N-dealkylation sites (tertiary alicyclic amines) is 1. The SMILES string of the molecule is C/C=C1\C(=NC)OCc2cn(-c3ccc(N4CCC(OC5CN(C)C5)C4)nc3)nc21. The molecule has 30 heavy (non-hydrogen) atoms. The van der Waals surface area contributed by atoms with Gasteiger partial charge in [-0.25, -0.2) is 9.67 Å². The van der Waals surface area contributed by atoms with Crippen molar-refractivity contribution in [2.45, 2.75) is 32.2 Å². The number of aliphatic imine (C=N–C) groups is 1. The van der Waals surface area contributed by atoms with E-state index < -0.39 is 0 Å². The molecule has 3 aliphatic heterocycles. The van der Waals surface area contributed by atoms with Crippen LogP contribution in [0.2, 0.25) is 0 Å². The molecule has 1 unspecified atom stereocenters. The molecule has 8 heteroatoms. The highest BCUT2D eigenvalue weighted by Gasteiger charge is 2.31. The molecule has 1 atom stereocenters. The molecule has 2 saturated heterocycles. The molecule has 0 amide bonds. The smallest absolute Gasteiger partial charge is 0.218 e. The van der Waals surface area contributed by atoms with E-state index in [0.29, 0.717) is 24.7 Å². The first-order chi connectivity index (χ1) is 14.6. The fraction of sp³-hybridized carbons (Fsp3) is 0.500. The number of nitrogens with zero attached hydrogens (tertiary/aromatic N) is 6. The van der Waals surface area contributed by atoms with Gasteiger partial charge in [0.15, 0.2) is 0 Å². The van der Waals surface area contributed by atoms with E-state index in [1.54, 1.807) is 7.05 Å². The number of anilines is 1. The number of aromatic nitrogens is 3. The van der Waals surface area contributed by atoms with E-state index in [2.05, 4.69) is 34.0 Å². The van der Waals surface area contributed by atoms with Crippen LogP contribution in [-0.2, 0) is 16.1 Å². The molecule has 3 aliphatic rings. The lowest BCUT2D eigenvalue weighted by atomic mass is 10.1. The lowest BCUT2D eigenvalue weighted by Gasteiger charge is -2.37. The Kier molecular flexibility index (Phi) is 5.04. The van der Waals surface area contributed by atoms with E-state index in [1.807, 2.05) is 30.1 Å². The zero-order valence-corrected chi connectivity index (χ0v) is 17.8. The molecule has 0 aliphatic carbocycles. The van der Waals surface area contributed by atoms with Crippen molar-refractivity contribution in [1.29, 1.82) is 0 Å². The van der Waals surface area contributed by atoms with E-state index >= 15 is 0 Å². The Morgan fingerprint density at radius 3 is 2.80 bits per heavy atom.